The van der Waals surface area contributed by atoms with E-state index in [0.29, 0.717) is 10.8 Å². The Bertz CT molecular complexity index is 1540. The first-order valence-electron chi connectivity index (χ1n) is 12.9. The summed E-state index contributed by atoms with van der Waals surface area (Å²) in [6.45, 7) is 4.94. The number of rotatable bonds is 7. The van der Waals surface area contributed by atoms with Gasteiger partial charge in [0.25, 0.3) is 5.69 Å². The average Bonchev–Trinajstić information content (AvgIpc) is 3.47. The third kappa shape index (κ3) is 4.89. The fourth-order valence-electron chi connectivity index (χ4n) is 5.47. The molecule has 1 fully saturated rings. The van der Waals surface area contributed by atoms with Crippen LogP contribution in [0.2, 0.25) is 0 Å². The quantitative estimate of drug-likeness (QED) is 0.223. The van der Waals surface area contributed by atoms with Crippen LogP contribution in [0.15, 0.2) is 84.9 Å². The molecule has 0 amide bonds. The molecule has 0 bridgehead atoms. The van der Waals surface area contributed by atoms with Gasteiger partial charge in [-0.1, -0.05) is 84.1 Å². The standard InChI is InChI=1S/C29H28N6O3S/c1-20-30-29-34(31-20)28(36)27(39-29)26(23-12-14-24(15-13-23)35(37)38)33-18-16-32(17-19-33)25(21-8-4-2-5-9-21)22-10-6-3-7-11-22/h2-15,25-26,36H,16-19H2,1H3. The SMILES string of the molecule is Cc1nc2sc(C(c3ccc([N+](=O)[O-])cc3)N3CCN(C(c4ccccc4)c4ccccc4)CC3)c(O)n2n1. The van der Waals surface area contributed by atoms with Crippen molar-refractivity contribution >= 4 is 22.0 Å². The molecule has 10 heteroatoms. The van der Waals surface area contributed by atoms with Gasteiger partial charge in [-0.3, -0.25) is 19.9 Å². The Morgan fingerprint density at radius 1 is 0.821 bits per heavy atom. The second kappa shape index (κ2) is 10.6. The molecule has 39 heavy (non-hydrogen) atoms. The fraction of sp³-hybridized carbons (Fsp3) is 0.241. The zero-order valence-electron chi connectivity index (χ0n) is 21.4. The fourth-order valence-corrected chi connectivity index (χ4v) is 6.63. The van der Waals surface area contributed by atoms with Crippen LogP contribution in [-0.2, 0) is 0 Å². The van der Waals surface area contributed by atoms with Crippen molar-refractivity contribution in [2.45, 2.75) is 19.0 Å². The highest BCUT2D eigenvalue weighted by atomic mass is 32.1. The van der Waals surface area contributed by atoms with Gasteiger partial charge >= 0.3 is 0 Å². The minimum absolute atomic E-state index is 0.0402. The van der Waals surface area contributed by atoms with Crippen molar-refractivity contribution in [3.8, 4) is 5.88 Å². The lowest BCUT2D eigenvalue weighted by Gasteiger charge is -2.42. The number of aromatic nitrogens is 3. The van der Waals surface area contributed by atoms with Crippen LogP contribution in [0.3, 0.4) is 0 Å². The van der Waals surface area contributed by atoms with E-state index in [1.54, 1.807) is 19.1 Å². The van der Waals surface area contributed by atoms with Crippen LogP contribution in [0.4, 0.5) is 5.69 Å². The molecule has 198 valence electrons. The normalized spacial score (nSPS) is 15.6. The van der Waals surface area contributed by atoms with Gasteiger partial charge in [0, 0.05) is 38.3 Å². The summed E-state index contributed by atoms with van der Waals surface area (Å²) in [4.78, 5) is 21.5. The van der Waals surface area contributed by atoms with E-state index >= 15 is 0 Å². The molecule has 0 saturated carbocycles. The van der Waals surface area contributed by atoms with E-state index in [9.17, 15) is 15.2 Å². The molecule has 1 atom stereocenters. The molecule has 5 aromatic rings. The van der Waals surface area contributed by atoms with Crippen LogP contribution in [0.1, 0.15) is 39.5 Å². The highest BCUT2D eigenvalue weighted by Crippen LogP contribution is 2.41. The monoisotopic (exact) mass is 540 g/mol. The molecule has 9 nitrogen and oxygen atoms in total. The number of non-ortho nitro benzene ring substituents is 1. The zero-order valence-corrected chi connectivity index (χ0v) is 22.2. The van der Waals surface area contributed by atoms with E-state index in [1.165, 1.54) is 39.1 Å². The van der Waals surface area contributed by atoms with E-state index in [1.807, 2.05) is 12.1 Å². The Morgan fingerprint density at radius 2 is 1.33 bits per heavy atom. The summed E-state index contributed by atoms with van der Waals surface area (Å²) in [5.74, 6) is 0.657. The summed E-state index contributed by atoms with van der Waals surface area (Å²) < 4.78 is 1.48. The summed E-state index contributed by atoms with van der Waals surface area (Å²) >= 11 is 1.40. The van der Waals surface area contributed by atoms with Gasteiger partial charge in [0.2, 0.25) is 10.8 Å². The Balaban J connectivity index is 1.32. The molecule has 3 heterocycles. The number of fused-ring (bicyclic) bond motifs is 1. The van der Waals surface area contributed by atoms with E-state index in [2.05, 4.69) is 68.4 Å². The first kappa shape index (κ1) is 25.2. The summed E-state index contributed by atoms with van der Waals surface area (Å²) in [7, 11) is 0. The molecule has 6 rings (SSSR count). The van der Waals surface area contributed by atoms with Crippen molar-refractivity contribution < 1.29 is 10.0 Å². The third-order valence-corrected chi connectivity index (χ3v) is 8.36. The Kier molecular flexibility index (Phi) is 6.82. The smallest absolute Gasteiger partial charge is 0.269 e. The van der Waals surface area contributed by atoms with Crippen molar-refractivity contribution in [3.63, 3.8) is 0 Å². The second-order valence-electron chi connectivity index (χ2n) is 9.69. The van der Waals surface area contributed by atoms with Gasteiger partial charge in [-0.25, -0.2) is 4.98 Å². The predicted octanol–water partition coefficient (Wildman–Crippen LogP) is 5.21. The van der Waals surface area contributed by atoms with Crippen LogP contribution < -0.4 is 0 Å². The van der Waals surface area contributed by atoms with Crippen molar-refractivity contribution in [2.24, 2.45) is 0 Å². The van der Waals surface area contributed by atoms with Crippen molar-refractivity contribution in [3.05, 3.63) is 122 Å². The lowest BCUT2D eigenvalue weighted by atomic mass is 9.96. The second-order valence-corrected chi connectivity index (χ2v) is 10.7. The lowest BCUT2D eigenvalue weighted by Crippen LogP contribution is -2.49. The van der Waals surface area contributed by atoms with Gasteiger partial charge in [-0.15, -0.1) is 5.10 Å². The molecule has 0 spiro atoms. The number of nitro groups is 1. The maximum absolute atomic E-state index is 11.3. The van der Waals surface area contributed by atoms with Crippen LogP contribution in [0, 0.1) is 17.0 Å². The highest BCUT2D eigenvalue weighted by Gasteiger charge is 2.34. The predicted molar refractivity (Wildman–Crippen MR) is 150 cm³/mol. The number of benzene rings is 3. The van der Waals surface area contributed by atoms with Crippen molar-refractivity contribution in [1.82, 2.24) is 24.4 Å². The maximum Gasteiger partial charge on any atom is 0.269 e. The van der Waals surface area contributed by atoms with Crippen molar-refractivity contribution in [2.75, 3.05) is 26.2 Å². The minimum atomic E-state index is -0.395. The average molecular weight is 541 g/mol. The first-order chi connectivity index (χ1) is 19.0. The van der Waals surface area contributed by atoms with E-state index < -0.39 is 4.92 Å². The number of thiazole rings is 1. The molecule has 2 aromatic heterocycles. The Morgan fingerprint density at radius 3 is 1.85 bits per heavy atom. The van der Waals surface area contributed by atoms with Gasteiger partial charge in [0.1, 0.15) is 5.82 Å². The molecule has 1 aliphatic heterocycles. The summed E-state index contributed by atoms with van der Waals surface area (Å²) in [6.07, 6.45) is 0. The van der Waals surface area contributed by atoms with E-state index in [0.717, 1.165) is 36.6 Å². The van der Waals surface area contributed by atoms with Gasteiger partial charge in [-0.05, 0) is 23.6 Å². The lowest BCUT2D eigenvalue weighted by molar-refractivity contribution is -0.384. The van der Waals surface area contributed by atoms with Gasteiger partial charge in [0.15, 0.2) is 0 Å². The molecule has 3 aromatic carbocycles. The number of nitro benzene ring substituents is 1. The molecular weight excluding hydrogens is 512 g/mol. The first-order valence-corrected chi connectivity index (χ1v) is 13.7. The van der Waals surface area contributed by atoms with Crippen LogP contribution in [0.25, 0.3) is 4.96 Å². The number of aryl methyl sites for hydroxylation is 1. The van der Waals surface area contributed by atoms with Gasteiger partial charge in [0.05, 0.1) is 21.9 Å². The third-order valence-electron chi connectivity index (χ3n) is 7.28. The van der Waals surface area contributed by atoms with Crippen LogP contribution in [-0.4, -0.2) is 60.6 Å². The number of piperazine rings is 1. The molecule has 1 saturated heterocycles. The van der Waals surface area contributed by atoms with Crippen LogP contribution >= 0.6 is 11.3 Å². The van der Waals surface area contributed by atoms with Gasteiger partial charge in [-0.2, -0.15) is 4.52 Å². The molecular formula is C29H28N6O3S. The Hall–Kier alpha value is -4.12. The number of nitrogens with zero attached hydrogens (tertiary/aromatic N) is 6. The van der Waals surface area contributed by atoms with Gasteiger partial charge < -0.3 is 5.11 Å². The van der Waals surface area contributed by atoms with Crippen LogP contribution in [0.5, 0.6) is 5.88 Å². The number of hydrogen-bond acceptors (Lipinski definition) is 8. The highest BCUT2D eigenvalue weighted by molar-refractivity contribution is 7.17. The maximum atomic E-state index is 11.3. The summed E-state index contributed by atoms with van der Waals surface area (Å²) in [5, 5.41) is 26.8. The zero-order chi connectivity index (χ0) is 26.9. The molecule has 1 N–H and O–H groups in total. The molecule has 1 unspecified atom stereocenters. The number of aromatic hydroxyl groups is 1. The summed E-state index contributed by atoms with van der Waals surface area (Å²) in [5.41, 5.74) is 3.43. The largest absolute Gasteiger partial charge is 0.492 e. The Labute approximate surface area is 229 Å². The number of hydrogen-bond donors (Lipinski definition) is 1. The molecule has 0 radical (unpaired) electrons. The topological polar surface area (TPSA) is 100 Å². The van der Waals surface area contributed by atoms with E-state index in [-0.39, 0.29) is 23.7 Å². The minimum Gasteiger partial charge on any atom is -0.492 e. The summed E-state index contributed by atoms with van der Waals surface area (Å²) in [6, 6.07) is 27.6. The van der Waals surface area contributed by atoms with Crippen molar-refractivity contribution in [1.29, 1.82) is 0 Å². The molecule has 1 aliphatic rings. The molecule has 0 aliphatic carbocycles. The van der Waals surface area contributed by atoms with E-state index in [4.69, 9.17) is 0 Å².